The lowest BCUT2D eigenvalue weighted by Gasteiger charge is -2.28. The summed E-state index contributed by atoms with van der Waals surface area (Å²) < 4.78 is 26.3. The minimum absolute atomic E-state index is 0.0547. The molecule has 1 amide bonds. The van der Waals surface area contributed by atoms with Gasteiger partial charge in [-0.3, -0.25) is 4.79 Å². The molecule has 1 aromatic rings. The maximum Gasteiger partial charge on any atom is 0.224 e. The molecule has 2 nitrogen and oxygen atoms in total. The van der Waals surface area contributed by atoms with Crippen LogP contribution in [-0.4, -0.2) is 16.8 Å². The molecule has 1 N–H and O–H groups in total. The molecule has 0 spiro atoms. The first-order chi connectivity index (χ1) is 9.04. The summed E-state index contributed by atoms with van der Waals surface area (Å²) in [6, 6.07) is 3.29. The molecule has 2 rings (SSSR count). The van der Waals surface area contributed by atoms with Crippen molar-refractivity contribution in [1.82, 2.24) is 5.32 Å². The van der Waals surface area contributed by atoms with E-state index >= 15 is 0 Å². The smallest absolute Gasteiger partial charge is 0.224 e. The highest BCUT2D eigenvalue weighted by molar-refractivity contribution is 9.09. The second-order valence-corrected chi connectivity index (χ2v) is 5.64. The van der Waals surface area contributed by atoms with Crippen molar-refractivity contribution in [2.75, 3.05) is 5.33 Å². The van der Waals surface area contributed by atoms with Gasteiger partial charge in [-0.2, -0.15) is 0 Å². The summed E-state index contributed by atoms with van der Waals surface area (Å²) in [5.74, 6) is -1.52. The van der Waals surface area contributed by atoms with Gasteiger partial charge in [0.05, 0.1) is 6.42 Å². The van der Waals surface area contributed by atoms with E-state index < -0.39 is 11.6 Å². The molecule has 0 unspecified atom stereocenters. The quantitative estimate of drug-likeness (QED) is 0.842. The summed E-state index contributed by atoms with van der Waals surface area (Å²) in [6.07, 6.45) is 4.01. The van der Waals surface area contributed by atoms with E-state index in [1.807, 2.05) is 0 Å². The van der Waals surface area contributed by atoms with Crippen molar-refractivity contribution in [2.24, 2.45) is 0 Å². The highest BCUT2D eigenvalue weighted by Crippen LogP contribution is 2.31. The SMILES string of the molecule is O=C(Cc1ccc(F)cc1F)NC1(CBr)CCCC1. The Balaban J connectivity index is 2.01. The number of rotatable bonds is 4. The van der Waals surface area contributed by atoms with E-state index in [0.29, 0.717) is 5.33 Å². The van der Waals surface area contributed by atoms with Crippen molar-refractivity contribution >= 4 is 21.8 Å². The Morgan fingerprint density at radius 1 is 1.32 bits per heavy atom. The first-order valence-electron chi connectivity index (χ1n) is 6.36. The van der Waals surface area contributed by atoms with Crippen molar-refractivity contribution < 1.29 is 13.6 Å². The van der Waals surface area contributed by atoms with Crippen molar-refractivity contribution in [3.63, 3.8) is 0 Å². The first kappa shape index (κ1) is 14.4. The number of hydrogen-bond acceptors (Lipinski definition) is 1. The van der Waals surface area contributed by atoms with Crippen molar-refractivity contribution in [2.45, 2.75) is 37.6 Å². The Bertz CT molecular complexity index is 473. The molecule has 0 aliphatic heterocycles. The van der Waals surface area contributed by atoms with Crippen LogP contribution < -0.4 is 5.32 Å². The molecule has 0 atom stereocenters. The van der Waals surface area contributed by atoms with Crippen LogP contribution in [0.1, 0.15) is 31.2 Å². The van der Waals surface area contributed by atoms with E-state index in [1.165, 1.54) is 12.1 Å². The third-order valence-electron chi connectivity index (χ3n) is 3.59. The summed E-state index contributed by atoms with van der Waals surface area (Å²) in [6.45, 7) is 0. The van der Waals surface area contributed by atoms with E-state index in [-0.39, 0.29) is 23.4 Å². The van der Waals surface area contributed by atoms with Crippen LogP contribution in [0.4, 0.5) is 8.78 Å². The first-order valence-corrected chi connectivity index (χ1v) is 7.48. The number of hydrogen-bond donors (Lipinski definition) is 1. The fraction of sp³-hybridized carbons (Fsp3) is 0.500. The summed E-state index contributed by atoms with van der Waals surface area (Å²) in [7, 11) is 0. The molecule has 0 saturated heterocycles. The van der Waals surface area contributed by atoms with Gasteiger partial charge in [-0.25, -0.2) is 8.78 Å². The van der Waals surface area contributed by atoms with Gasteiger partial charge >= 0.3 is 0 Å². The molecule has 1 saturated carbocycles. The molecule has 5 heteroatoms. The van der Waals surface area contributed by atoms with Crippen molar-refractivity contribution in [1.29, 1.82) is 0 Å². The highest BCUT2D eigenvalue weighted by Gasteiger charge is 2.34. The number of nitrogens with one attached hydrogen (secondary N) is 1. The second kappa shape index (κ2) is 5.99. The van der Waals surface area contributed by atoms with E-state index in [2.05, 4.69) is 21.2 Å². The molecule has 0 heterocycles. The zero-order valence-corrected chi connectivity index (χ0v) is 12.1. The Hall–Kier alpha value is -0.970. The molecule has 0 aromatic heterocycles. The van der Waals surface area contributed by atoms with Crippen LogP contribution in [0.5, 0.6) is 0 Å². The van der Waals surface area contributed by atoms with Crippen molar-refractivity contribution in [3.05, 3.63) is 35.4 Å². The molecule has 19 heavy (non-hydrogen) atoms. The number of carbonyl (C=O) groups is 1. The zero-order chi connectivity index (χ0) is 13.9. The standard InChI is InChI=1S/C14H16BrF2NO/c15-9-14(5-1-2-6-14)18-13(19)7-10-3-4-11(16)8-12(10)17/h3-4,8H,1-2,5-7,9H2,(H,18,19). The zero-order valence-electron chi connectivity index (χ0n) is 10.5. The van der Waals surface area contributed by atoms with E-state index in [9.17, 15) is 13.6 Å². The lowest BCUT2D eigenvalue weighted by Crippen LogP contribution is -2.48. The van der Waals surface area contributed by atoms with Gasteiger partial charge in [-0.1, -0.05) is 34.8 Å². The van der Waals surface area contributed by atoms with Gasteiger partial charge in [0, 0.05) is 16.9 Å². The predicted molar refractivity (Wildman–Crippen MR) is 73.2 cm³/mol. The number of alkyl halides is 1. The molecular weight excluding hydrogens is 316 g/mol. The number of benzene rings is 1. The van der Waals surface area contributed by atoms with Crippen LogP contribution in [0.25, 0.3) is 0 Å². The van der Waals surface area contributed by atoms with Crippen LogP contribution in [0.3, 0.4) is 0 Å². The summed E-state index contributed by atoms with van der Waals surface area (Å²) in [4.78, 5) is 12.0. The van der Waals surface area contributed by atoms with Crippen LogP contribution in [-0.2, 0) is 11.2 Å². The average Bonchev–Trinajstić information content (AvgIpc) is 2.82. The maximum absolute atomic E-state index is 13.5. The monoisotopic (exact) mass is 331 g/mol. The molecule has 1 aromatic carbocycles. The van der Waals surface area contributed by atoms with Gasteiger partial charge in [0.25, 0.3) is 0 Å². The molecule has 0 bridgehead atoms. The Morgan fingerprint density at radius 2 is 2.00 bits per heavy atom. The number of amides is 1. The normalized spacial score (nSPS) is 17.4. The molecule has 1 fully saturated rings. The number of halogens is 3. The summed E-state index contributed by atoms with van der Waals surface area (Å²) >= 11 is 3.43. The topological polar surface area (TPSA) is 29.1 Å². The van der Waals surface area contributed by atoms with Crippen LogP contribution in [0, 0.1) is 11.6 Å². The lowest BCUT2D eigenvalue weighted by atomic mass is 10.00. The van der Waals surface area contributed by atoms with Gasteiger partial charge < -0.3 is 5.32 Å². The van der Waals surface area contributed by atoms with Gasteiger partial charge in [0.2, 0.25) is 5.91 Å². The minimum Gasteiger partial charge on any atom is -0.350 e. The van der Waals surface area contributed by atoms with Crippen molar-refractivity contribution in [3.8, 4) is 0 Å². The largest absolute Gasteiger partial charge is 0.350 e. The van der Waals surface area contributed by atoms with Gasteiger partial charge in [0.15, 0.2) is 0 Å². The van der Waals surface area contributed by atoms with E-state index in [1.54, 1.807) is 0 Å². The average molecular weight is 332 g/mol. The Kier molecular flexibility index (Phi) is 4.55. The Morgan fingerprint density at radius 3 is 2.58 bits per heavy atom. The minimum atomic E-state index is -0.672. The summed E-state index contributed by atoms with van der Waals surface area (Å²) in [5, 5.41) is 3.69. The predicted octanol–water partition coefficient (Wildman–Crippen LogP) is 3.33. The van der Waals surface area contributed by atoms with Crippen LogP contribution in [0.2, 0.25) is 0 Å². The third kappa shape index (κ3) is 3.53. The fourth-order valence-corrected chi connectivity index (χ4v) is 3.22. The number of carbonyl (C=O) groups excluding carboxylic acids is 1. The Labute approximate surface area is 119 Å². The molecule has 104 valence electrons. The molecule has 0 radical (unpaired) electrons. The second-order valence-electron chi connectivity index (χ2n) is 5.08. The van der Waals surface area contributed by atoms with Gasteiger partial charge in [-0.05, 0) is 24.5 Å². The van der Waals surface area contributed by atoms with Crippen LogP contribution >= 0.6 is 15.9 Å². The molecular formula is C14H16BrF2NO. The van der Waals surface area contributed by atoms with Crippen LogP contribution in [0.15, 0.2) is 18.2 Å². The summed E-state index contributed by atoms with van der Waals surface area (Å²) in [5.41, 5.74) is 0.0229. The van der Waals surface area contributed by atoms with Gasteiger partial charge in [0.1, 0.15) is 11.6 Å². The molecule has 1 aliphatic carbocycles. The van der Waals surface area contributed by atoms with E-state index in [4.69, 9.17) is 0 Å². The third-order valence-corrected chi connectivity index (χ3v) is 4.66. The van der Waals surface area contributed by atoms with Gasteiger partial charge in [-0.15, -0.1) is 0 Å². The fourth-order valence-electron chi connectivity index (χ4n) is 2.52. The molecule has 1 aliphatic rings. The highest BCUT2D eigenvalue weighted by atomic mass is 79.9. The van der Waals surface area contributed by atoms with E-state index in [0.717, 1.165) is 31.7 Å². The maximum atomic E-state index is 13.5. The lowest BCUT2D eigenvalue weighted by molar-refractivity contribution is -0.122.